The number of hydrogen-bond donors (Lipinski definition) is 0. The van der Waals surface area contributed by atoms with Gasteiger partial charge in [0.1, 0.15) is 0 Å². The zero-order valence-corrected chi connectivity index (χ0v) is 22.9. The predicted molar refractivity (Wildman–Crippen MR) is 165 cm³/mol. The van der Waals surface area contributed by atoms with Gasteiger partial charge in [0, 0.05) is 16.5 Å². The van der Waals surface area contributed by atoms with E-state index < -0.39 is 0 Å². The van der Waals surface area contributed by atoms with E-state index in [2.05, 4.69) is 91.5 Å². The molecule has 2 aliphatic rings. The highest BCUT2D eigenvalue weighted by Gasteiger charge is 2.38. The van der Waals surface area contributed by atoms with Crippen LogP contribution in [0.1, 0.15) is 25.0 Å². The number of rotatable bonds is 3. The second-order valence-electron chi connectivity index (χ2n) is 11.1. The third kappa shape index (κ3) is 3.68. The Morgan fingerprint density at radius 1 is 0.537 bits per heavy atom. The van der Waals surface area contributed by atoms with Gasteiger partial charge in [-0.25, -0.2) is 9.97 Å². The highest BCUT2D eigenvalue weighted by atomic mass is 16.5. The van der Waals surface area contributed by atoms with Gasteiger partial charge in [0.05, 0.1) is 22.8 Å². The first kappa shape index (κ1) is 23.6. The van der Waals surface area contributed by atoms with Crippen LogP contribution >= 0.6 is 0 Å². The fourth-order valence-corrected chi connectivity index (χ4v) is 6.21. The molecule has 0 amide bonds. The molecule has 8 rings (SSSR count). The summed E-state index contributed by atoms with van der Waals surface area (Å²) in [4.78, 5) is 12.5. The maximum absolute atomic E-state index is 6.58. The molecule has 4 nitrogen and oxygen atoms in total. The van der Waals surface area contributed by atoms with Crippen molar-refractivity contribution in [3.05, 3.63) is 139 Å². The van der Waals surface area contributed by atoms with E-state index in [1.165, 1.54) is 22.3 Å². The standard InChI is InChI=1S/C37H27N3O/c1-37(2)28-18-10-9-17-26(28)27-21-33-35(22-29(27)37)41-34-20-12-11-19-32(34)40(33)36-38-30(24-13-5-3-6-14-24)23-31(39-36)25-15-7-4-8-16-25/h3-23H,1-2H3. The number of fused-ring (bicyclic) bond motifs is 5. The summed E-state index contributed by atoms with van der Waals surface area (Å²) < 4.78 is 6.58. The third-order valence-electron chi connectivity index (χ3n) is 8.28. The van der Waals surface area contributed by atoms with Gasteiger partial charge in [0.2, 0.25) is 5.95 Å². The zero-order valence-electron chi connectivity index (χ0n) is 22.9. The molecule has 2 heterocycles. The van der Waals surface area contributed by atoms with E-state index in [4.69, 9.17) is 14.7 Å². The van der Waals surface area contributed by atoms with Crippen molar-refractivity contribution in [3.8, 4) is 45.1 Å². The zero-order chi connectivity index (χ0) is 27.6. The van der Waals surface area contributed by atoms with Crippen LogP contribution in [-0.4, -0.2) is 9.97 Å². The lowest BCUT2D eigenvalue weighted by atomic mass is 9.82. The molecule has 0 fully saturated rings. The van der Waals surface area contributed by atoms with Gasteiger partial charge < -0.3 is 4.74 Å². The van der Waals surface area contributed by atoms with Gasteiger partial charge in [-0.2, -0.15) is 0 Å². The van der Waals surface area contributed by atoms with Crippen LogP contribution < -0.4 is 9.64 Å². The number of anilines is 3. The monoisotopic (exact) mass is 529 g/mol. The van der Waals surface area contributed by atoms with Gasteiger partial charge in [-0.3, -0.25) is 4.90 Å². The molecular weight excluding hydrogens is 502 g/mol. The molecule has 5 aromatic carbocycles. The lowest BCUT2D eigenvalue weighted by Gasteiger charge is -2.33. The van der Waals surface area contributed by atoms with Crippen LogP contribution in [-0.2, 0) is 5.41 Å². The molecule has 0 atom stereocenters. The van der Waals surface area contributed by atoms with E-state index in [9.17, 15) is 0 Å². The number of nitrogens with zero attached hydrogens (tertiary/aromatic N) is 3. The van der Waals surface area contributed by atoms with Gasteiger partial charge in [0.15, 0.2) is 11.5 Å². The average Bonchev–Trinajstić information content (AvgIpc) is 3.25. The largest absolute Gasteiger partial charge is 0.453 e. The Kier molecular flexibility index (Phi) is 5.13. The molecule has 0 saturated heterocycles. The summed E-state index contributed by atoms with van der Waals surface area (Å²) in [5.41, 5.74) is 10.6. The summed E-state index contributed by atoms with van der Waals surface area (Å²) >= 11 is 0. The second-order valence-corrected chi connectivity index (χ2v) is 11.1. The van der Waals surface area contributed by atoms with Crippen LogP contribution in [0.3, 0.4) is 0 Å². The highest BCUT2D eigenvalue weighted by Crippen LogP contribution is 2.56. The molecule has 1 aliphatic heterocycles. The van der Waals surface area contributed by atoms with Crippen molar-refractivity contribution in [3.63, 3.8) is 0 Å². The Balaban J connectivity index is 1.40. The van der Waals surface area contributed by atoms with Gasteiger partial charge in [-0.15, -0.1) is 0 Å². The van der Waals surface area contributed by atoms with E-state index in [1.807, 2.05) is 54.6 Å². The number of para-hydroxylation sites is 2. The van der Waals surface area contributed by atoms with Crippen molar-refractivity contribution in [2.24, 2.45) is 0 Å². The molecule has 0 unspecified atom stereocenters. The maximum Gasteiger partial charge on any atom is 0.236 e. The Bertz CT molecular complexity index is 1890. The molecule has 1 aliphatic carbocycles. The lowest BCUT2D eigenvalue weighted by molar-refractivity contribution is 0.474. The molecule has 6 aromatic rings. The summed E-state index contributed by atoms with van der Waals surface area (Å²) in [5, 5.41) is 0. The Labute approximate surface area is 239 Å². The topological polar surface area (TPSA) is 38.2 Å². The van der Waals surface area contributed by atoms with E-state index in [0.717, 1.165) is 45.4 Å². The molecule has 0 saturated carbocycles. The minimum Gasteiger partial charge on any atom is -0.453 e. The Hall–Kier alpha value is -5.22. The van der Waals surface area contributed by atoms with Gasteiger partial charge >= 0.3 is 0 Å². The molecule has 0 N–H and O–H groups in total. The third-order valence-corrected chi connectivity index (χ3v) is 8.28. The summed E-state index contributed by atoms with van der Waals surface area (Å²) in [6.07, 6.45) is 0. The maximum atomic E-state index is 6.58. The van der Waals surface area contributed by atoms with Crippen LogP contribution in [0.2, 0.25) is 0 Å². The first-order valence-corrected chi connectivity index (χ1v) is 13.9. The van der Waals surface area contributed by atoms with Gasteiger partial charge in [-0.05, 0) is 52.6 Å². The average molecular weight is 530 g/mol. The number of ether oxygens (including phenoxy) is 1. The van der Waals surface area contributed by atoms with Crippen LogP contribution in [0.15, 0.2) is 127 Å². The van der Waals surface area contributed by atoms with Crippen LogP contribution in [0.25, 0.3) is 33.6 Å². The smallest absolute Gasteiger partial charge is 0.236 e. The fourth-order valence-electron chi connectivity index (χ4n) is 6.21. The SMILES string of the molecule is CC1(C)c2ccccc2-c2cc3c(cc21)Oc1ccccc1N3c1nc(-c2ccccc2)cc(-c2ccccc2)n1. The Morgan fingerprint density at radius 2 is 1.15 bits per heavy atom. The highest BCUT2D eigenvalue weighted by molar-refractivity contribution is 5.91. The predicted octanol–water partition coefficient (Wildman–Crippen LogP) is 9.69. The second kappa shape index (κ2) is 8.90. The molecule has 0 spiro atoms. The molecule has 41 heavy (non-hydrogen) atoms. The van der Waals surface area contributed by atoms with Crippen molar-refractivity contribution in [2.75, 3.05) is 4.90 Å². The van der Waals surface area contributed by atoms with Crippen LogP contribution in [0.4, 0.5) is 17.3 Å². The molecule has 1 aromatic heterocycles. The Morgan fingerprint density at radius 3 is 1.85 bits per heavy atom. The van der Waals surface area contributed by atoms with E-state index >= 15 is 0 Å². The molecule has 0 bridgehead atoms. The van der Waals surface area contributed by atoms with E-state index in [1.54, 1.807) is 0 Å². The van der Waals surface area contributed by atoms with Crippen molar-refractivity contribution in [1.82, 2.24) is 9.97 Å². The number of benzene rings is 5. The normalized spacial score (nSPS) is 14.0. The first-order chi connectivity index (χ1) is 20.1. The quantitative estimate of drug-likeness (QED) is 0.228. The minimum atomic E-state index is -0.129. The van der Waals surface area contributed by atoms with Crippen molar-refractivity contribution >= 4 is 17.3 Å². The van der Waals surface area contributed by atoms with Gasteiger partial charge in [-0.1, -0.05) is 111 Å². The van der Waals surface area contributed by atoms with Crippen molar-refractivity contribution in [1.29, 1.82) is 0 Å². The van der Waals surface area contributed by atoms with Crippen molar-refractivity contribution < 1.29 is 4.74 Å². The summed E-state index contributed by atoms with van der Waals surface area (Å²) in [7, 11) is 0. The molecule has 196 valence electrons. The summed E-state index contributed by atoms with van der Waals surface area (Å²) in [5.74, 6) is 2.19. The first-order valence-electron chi connectivity index (χ1n) is 13.9. The minimum absolute atomic E-state index is 0.129. The summed E-state index contributed by atoms with van der Waals surface area (Å²) in [6, 6.07) is 44.0. The number of aromatic nitrogens is 2. The van der Waals surface area contributed by atoms with Crippen molar-refractivity contribution in [2.45, 2.75) is 19.3 Å². The number of hydrogen-bond acceptors (Lipinski definition) is 4. The molecule has 4 heteroatoms. The lowest BCUT2D eigenvalue weighted by Crippen LogP contribution is -2.20. The molecule has 0 radical (unpaired) electrons. The van der Waals surface area contributed by atoms with E-state index in [0.29, 0.717) is 5.95 Å². The van der Waals surface area contributed by atoms with Crippen LogP contribution in [0, 0.1) is 0 Å². The fraction of sp³-hybridized carbons (Fsp3) is 0.0811. The summed E-state index contributed by atoms with van der Waals surface area (Å²) in [6.45, 7) is 4.58. The van der Waals surface area contributed by atoms with Gasteiger partial charge in [0.25, 0.3) is 0 Å². The molecular formula is C37H27N3O. The van der Waals surface area contributed by atoms with Crippen LogP contribution in [0.5, 0.6) is 11.5 Å². The van der Waals surface area contributed by atoms with E-state index in [-0.39, 0.29) is 5.41 Å².